The lowest BCUT2D eigenvalue weighted by atomic mass is 10.2. The van der Waals surface area contributed by atoms with Crippen LogP contribution >= 0.6 is 0 Å². The first-order valence-corrected chi connectivity index (χ1v) is 9.89. The van der Waals surface area contributed by atoms with Crippen LogP contribution in [0.2, 0.25) is 0 Å². The molecule has 0 bridgehead atoms. The fourth-order valence-electron chi connectivity index (χ4n) is 3.06. The molecule has 0 atom stereocenters. The summed E-state index contributed by atoms with van der Waals surface area (Å²) >= 11 is 0. The van der Waals surface area contributed by atoms with Gasteiger partial charge in [-0.15, -0.1) is 0 Å². The molecule has 0 unspecified atom stereocenters. The van der Waals surface area contributed by atoms with E-state index in [1.165, 1.54) is 6.07 Å². The molecule has 0 amide bonds. The number of aromatic nitrogens is 2. The number of nitrogens with zero attached hydrogens (tertiary/aromatic N) is 1. The van der Waals surface area contributed by atoms with Crippen molar-refractivity contribution in [3.05, 3.63) is 71.2 Å². The number of sulfone groups is 1. The molecule has 0 saturated heterocycles. The van der Waals surface area contributed by atoms with Gasteiger partial charge in [0.25, 0.3) is 0 Å². The van der Waals surface area contributed by atoms with Crippen molar-refractivity contribution in [2.45, 2.75) is 17.7 Å². The smallest absolute Gasteiger partial charge is 0.337 e. The van der Waals surface area contributed by atoms with Crippen molar-refractivity contribution >= 4 is 26.8 Å². The van der Waals surface area contributed by atoms with Gasteiger partial charge in [0.05, 0.1) is 20.9 Å². The summed E-state index contributed by atoms with van der Waals surface area (Å²) in [6.45, 7) is 0. The number of benzene rings is 2. The van der Waals surface area contributed by atoms with Gasteiger partial charge in [-0.05, 0) is 55.3 Å². The fraction of sp³-hybridized carbons (Fsp3) is 0.100. The second-order valence-electron chi connectivity index (χ2n) is 6.21. The molecular formula is C20H16N2O4S. The van der Waals surface area contributed by atoms with Crippen LogP contribution in [0, 0.1) is 0 Å². The molecule has 0 spiro atoms. The number of nitrogens with one attached hydrogen (secondary N) is 1. The van der Waals surface area contributed by atoms with Gasteiger partial charge in [-0.3, -0.25) is 0 Å². The first kappa shape index (κ1) is 17.2. The predicted molar refractivity (Wildman–Crippen MR) is 102 cm³/mol. The molecule has 0 fully saturated rings. The molecule has 136 valence electrons. The SMILES string of the molecule is O=C(O)c1cccc2[nH]c(-c3ccc(S(=O)(=O)C4=CCCC=C4)cc3)nc12. The Bertz CT molecular complexity index is 1200. The molecule has 0 aliphatic heterocycles. The van der Waals surface area contributed by atoms with E-state index in [9.17, 15) is 18.3 Å². The van der Waals surface area contributed by atoms with Crippen molar-refractivity contribution < 1.29 is 18.3 Å². The van der Waals surface area contributed by atoms with Gasteiger partial charge < -0.3 is 10.1 Å². The molecule has 0 radical (unpaired) electrons. The van der Waals surface area contributed by atoms with E-state index < -0.39 is 15.8 Å². The second-order valence-corrected chi connectivity index (χ2v) is 8.16. The quantitative estimate of drug-likeness (QED) is 0.714. The number of carboxylic acid groups (broad SMARTS) is 1. The highest BCUT2D eigenvalue weighted by atomic mass is 32.2. The standard InChI is InChI=1S/C20H16N2O4S/c23-20(24)16-7-4-8-17-18(16)22-19(21-17)13-9-11-15(12-10-13)27(25,26)14-5-2-1-3-6-14/h2,4-12H,1,3H2,(H,21,22)(H,23,24). The van der Waals surface area contributed by atoms with Gasteiger partial charge in [0.2, 0.25) is 9.84 Å². The minimum atomic E-state index is -3.54. The zero-order valence-corrected chi connectivity index (χ0v) is 15.0. The maximum atomic E-state index is 12.7. The minimum Gasteiger partial charge on any atom is -0.478 e. The summed E-state index contributed by atoms with van der Waals surface area (Å²) < 4.78 is 25.4. The van der Waals surface area contributed by atoms with Crippen molar-refractivity contribution in [3.8, 4) is 11.4 Å². The molecule has 2 aromatic carbocycles. The van der Waals surface area contributed by atoms with Gasteiger partial charge in [0, 0.05) is 5.56 Å². The Morgan fingerprint density at radius 2 is 1.85 bits per heavy atom. The third kappa shape index (κ3) is 3.06. The lowest BCUT2D eigenvalue weighted by Gasteiger charge is -2.09. The first-order valence-electron chi connectivity index (χ1n) is 8.41. The number of aromatic carboxylic acids is 1. The summed E-state index contributed by atoms with van der Waals surface area (Å²) in [6.07, 6.45) is 6.79. The normalized spacial score (nSPS) is 14.3. The largest absolute Gasteiger partial charge is 0.478 e. The number of para-hydroxylation sites is 1. The van der Waals surface area contributed by atoms with E-state index in [0.717, 1.165) is 6.42 Å². The van der Waals surface area contributed by atoms with E-state index in [-0.39, 0.29) is 10.5 Å². The van der Waals surface area contributed by atoms with Crippen LogP contribution in [-0.2, 0) is 9.84 Å². The Morgan fingerprint density at radius 3 is 2.52 bits per heavy atom. The second kappa shape index (κ2) is 6.51. The zero-order chi connectivity index (χ0) is 19.0. The molecule has 6 nitrogen and oxygen atoms in total. The highest BCUT2D eigenvalue weighted by Gasteiger charge is 2.20. The molecule has 1 aliphatic carbocycles. The molecule has 2 N–H and O–H groups in total. The molecule has 0 saturated carbocycles. The van der Waals surface area contributed by atoms with E-state index >= 15 is 0 Å². The van der Waals surface area contributed by atoms with Gasteiger partial charge in [0.15, 0.2) is 0 Å². The van der Waals surface area contributed by atoms with Crippen LogP contribution in [0.15, 0.2) is 70.5 Å². The van der Waals surface area contributed by atoms with Crippen molar-refractivity contribution in [1.29, 1.82) is 0 Å². The number of H-pyrrole nitrogens is 1. The Hall–Kier alpha value is -3.19. The first-order chi connectivity index (χ1) is 13.0. The average Bonchev–Trinajstić information content (AvgIpc) is 3.13. The number of carbonyl (C=O) groups is 1. The Labute approximate surface area is 155 Å². The average molecular weight is 380 g/mol. The maximum absolute atomic E-state index is 12.7. The topological polar surface area (TPSA) is 100 Å². The number of fused-ring (bicyclic) bond motifs is 1. The number of imidazole rings is 1. The van der Waals surface area contributed by atoms with Crippen molar-refractivity contribution in [2.24, 2.45) is 0 Å². The van der Waals surface area contributed by atoms with Crippen LogP contribution in [0.1, 0.15) is 23.2 Å². The van der Waals surface area contributed by atoms with E-state index in [1.54, 1.807) is 48.6 Å². The summed E-state index contributed by atoms with van der Waals surface area (Å²) in [5, 5.41) is 9.28. The summed E-state index contributed by atoms with van der Waals surface area (Å²) in [7, 11) is -3.54. The molecule has 3 aromatic rings. The predicted octanol–water partition coefficient (Wildman–Crippen LogP) is 3.94. The maximum Gasteiger partial charge on any atom is 0.337 e. The van der Waals surface area contributed by atoms with Gasteiger partial charge in [0.1, 0.15) is 11.3 Å². The monoisotopic (exact) mass is 380 g/mol. The van der Waals surface area contributed by atoms with E-state index in [4.69, 9.17) is 0 Å². The van der Waals surface area contributed by atoms with Gasteiger partial charge >= 0.3 is 5.97 Å². The highest BCUT2D eigenvalue weighted by Crippen LogP contribution is 2.27. The Balaban J connectivity index is 1.72. The van der Waals surface area contributed by atoms with Crippen LogP contribution in [0.4, 0.5) is 0 Å². The molecule has 1 aromatic heterocycles. The van der Waals surface area contributed by atoms with Crippen molar-refractivity contribution in [3.63, 3.8) is 0 Å². The lowest BCUT2D eigenvalue weighted by Crippen LogP contribution is -2.04. The Morgan fingerprint density at radius 1 is 1.07 bits per heavy atom. The van der Waals surface area contributed by atoms with E-state index in [1.807, 2.05) is 6.08 Å². The number of hydrogen-bond acceptors (Lipinski definition) is 4. The van der Waals surface area contributed by atoms with Gasteiger partial charge in [-0.2, -0.15) is 0 Å². The third-order valence-electron chi connectivity index (χ3n) is 4.45. The third-order valence-corrected chi connectivity index (χ3v) is 6.27. The summed E-state index contributed by atoms with van der Waals surface area (Å²) in [4.78, 5) is 19.3. The number of hydrogen-bond donors (Lipinski definition) is 2. The molecule has 1 heterocycles. The van der Waals surface area contributed by atoms with E-state index in [2.05, 4.69) is 9.97 Å². The summed E-state index contributed by atoms with van der Waals surface area (Å²) in [5.41, 5.74) is 1.77. The highest BCUT2D eigenvalue weighted by molar-refractivity contribution is 7.95. The van der Waals surface area contributed by atoms with Gasteiger partial charge in [-0.25, -0.2) is 18.2 Å². The van der Waals surface area contributed by atoms with Crippen molar-refractivity contribution in [1.82, 2.24) is 9.97 Å². The molecule has 7 heteroatoms. The van der Waals surface area contributed by atoms with Gasteiger partial charge in [-0.1, -0.05) is 18.2 Å². The molecular weight excluding hydrogens is 364 g/mol. The van der Waals surface area contributed by atoms with Crippen molar-refractivity contribution in [2.75, 3.05) is 0 Å². The van der Waals surface area contributed by atoms with Crippen LogP contribution in [-0.4, -0.2) is 29.5 Å². The van der Waals surface area contributed by atoms with E-state index in [0.29, 0.717) is 33.7 Å². The van der Waals surface area contributed by atoms with Crippen LogP contribution < -0.4 is 0 Å². The number of aromatic amines is 1. The molecule has 27 heavy (non-hydrogen) atoms. The van der Waals surface area contributed by atoms with Crippen LogP contribution in [0.25, 0.3) is 22.4 Å². The van der Waals surface area contributed by atoms with Crippen LogP contribution in [0.5, 0.6) is 0 Å². The number of carboxylic acids is 1. The van der Waals surface area contributed by atoms with Crippen LogP contribution in [0.3, 0.4) is 0 Å². The summed E-state index contributed by atoms with van der Waals surface area (Å²) in [5.74, 6) is -0.562. The number of allylic oxidation sites excluding steroid dienone is 3. The summed E-state index contributed by atoms with van der Waals surface area (Å²) in [6, 6.07) is 11.3. The Kier molecular flexibility index (Phi) is 4.16. The molecule has 4 rings (SSSR count). The minimum absolute atomic E-state index is 0.116. The molecule has 1 aliphatic rings. The fourth-order valence-corrected chi connectivity index (χ4v) is 4.44. The number of rotatable bonds is 4. The lowest BCUT2D eigenvalue weighted by molar-refractivity contribution is 0.0699. The zero-order valence-electron chi connectivity index (χ0n) is 14.2.